The Morgan fingerprint density at radius 3 is 3.06 bits per heavy atom. The van der Waals surface area contributed by atoms with Crippen molar-refractivity contribution in [3.05, 3.63) is 24.7 Å². The molecule has 18 heavy (non-hydrogen) atoms. The Morgan fingerprint density at radius 2 is 2.33 bits per heavy atom. The molecule has 0 aliphatic carbocycles. The van der Waals surface area contributed by atoms with Crippen molar-refractivity contribution in [2.24, 2.45) is 5.73 Å². The number of carboxylic acids is 1. The summed E-state index contributed by atoms with van der Waals surface area (Å²) in [5.41, 5.74) is 5.53. The van der Waals surface area contributed by atoms with Gasteiger partial charge in [-0.25, -0.2) is 9.50 Å². The summed E-state index contributed by atoms with van der Waals surface area (Å²) >= 11 is 0. The van der Waals surface area contributed by atoms with Crippen molar-refractivity contribution < 1.29 is 9.90 Å². The van der Waals surface area contributed by atoms with Crippen LogP contribution in [-0.2, 0) is 4.79 Å². The van der Waals surface area contributed by atoms with Gasteiger partial charge in [-0.15, -0.1) is 0 Å². The van der Waals surface area contributed by atoms with Crippen molar-refractivity contribution in [3.63, 3.8) is 0 Å². The summed E-state index contributed by atoms with van der Waals surface area (Å²) in [6.07, 6.45) is 5.50. The lowest BCUT2D eigenvalue weighted by molar-refractivity contribution is -0.142. The van der Waals surface area contributed by atoms with Crippen LogP contribution >= 0.6 is 0 Å². The number of hydrogen-bond donors (Lipinski definition) is 2. The van der Waals surface area contributed by atoms with Gasteiger partial charge in [-0.3, -0.25) is 4.79 Å². The lowest BCUT2D eigenvalue weighted by Crippen LogP contribution is -2.50. The number of aliphatic carboxylic acids is 1. The zero-order chi connectivity index (χ0) is 12.8. The summed E-state index contributed by atoms with van der Waals surface area (Å²) in [5, 5.41) is 13.2. The predicted molar refractivity (Wildman–Crippen MR) is 64.4 cm³/mol. The van der Waals surface area contributed by atoms with Crippen LogP contribution in [0, 0.1) is 0 Å². The van der Waals surface area contributed by atoms with E-state index >= 15 is 0 Å². The number of carbonyl (C=O) groups is 1. The first kappa shape index (κ1) is 11.0. The molecule has 0 spiro atoms. The van der Waals surface area contributed by atoms with Crippen LogP contribution in [0.5, 0.6) is 0 Å². The summed E-state index contributed by atoms with van der Waals surface area (Å²) in [6, 6.07) is 1.85. The minimum atomic E-state index is -1.19. The van der Waals surface area contributed by atoms with E-state index in [1.165, 1.54) is 0 Å². The monoisotopic (exact) mass is 247 g/mol. The maximum absolute atomic E-state index is 11.1. The number of rotatable bonds is 2. The standard InChI is InChI=1S/C11H13N5O2/c12-11(10(17)18)2-5-15(7-11)9-8-1-3-14-16(8)6-4-13-9/h1,3-4,6H,2,5,7,12H2,(H,17,18). The van der Waals surface area contributed by atoms with Gasteiger partial charge < -0.3 is 15.7 Å². The molecule has 2 aromatic heterocycles. The van der Waals surface area contributed by atoms with E-state index in [1.807, 2.05) is 11.0 Å². The van der Waals surface area contributed by atoms with Crippen LogP contribution in [-0.4, -0.2) is 44.3 Å². The summed E-state index contributed by atoms with van der Waals surface area (Å²) in [5.74, 6) is -0.242. The van der Waals surface area contributed by atoms with Gasteiger partial charge in [-0.2, -0.15) is 5.10 Å². The average molecular weight is 247 g/mol. The molecule has 7 nitrogen and oxygen atoms in total. The Labute approximate surface area is 103 Å². The quantitative estimate of drug-likeness (QED) is 0.757. The van der Waals surface area contributed by atoms with E-state index in [1.54, 1.807) is 23.1 Å². The molecule has 1 aliphatic rings. The highest BCUT2D eigenvalue weighted by Gasteiger charge is 2.42. The zero-order valence-corrected chi connectivity index (χ0v) is 9.65. The molecule has 1 unspecified atom stereocenters. The number of carboxylic acid groups (broad SMARTS) is 1. The number of anilines is 1. The van der Waals surface area contributed by atoms with Crippen molar-refractivity contribution in [1.82, 2.24) is 14.6 Å². The Balaban J connectivity index is 1.98. The van der Waals surface area contributed by atoms with Gasteiger partial charge in [0.1, 0.15) is 11.1 Å². The molecular weight excluding hydrogens is 234 g/mol. The summed E-state index contributed by atoms with van der Waals surface area (Å²) < 4.78 is 1.71. The van der Waals surface area contributed by atoms with Crippen molar-refractivity contribution in [2.45, 2.75) is 12.0 Å². The molecule has 2 aromatic rings. The fourth-order valence-corrected chi connectivity index (χ4v) is 2.28. The van der Waals surface area contributed by atoms with E-state index in [0.717, 1.165) is 11.3 Å². The zero-order valence-electron chi connectivity index (χ0n) is 9.65. The first-order chi connectivity index (χ1) is 8.60. The lowest BCUT2D eigenvalue weighted by atomic mass is 10.0. The molecule has 0 aromatic carbocycles. The Morgan fingerprint density at radius 1 is 1.50 bits per heavy atom. The minimum Gasteiger partial charge on any atom is -0.480 e. The smallest absolute Gasteiger partial charge is 0.325 e. The molecule has 0 bridgehead atoms. The highest BCUT2D eigenvalue weighted by Crippen LogP contribution is 2.26. The number of fused-ring (bicyclic) bond motifs is 1. The fourth-order valence-electron chi connectivity index (χ4n) is 2.28. The van der Waals surface area contributed by atoms with Crippen LogP contribution in [0.1, 0.15) is 6.42 Å². The summed E-state index contributed by atoms with van der Waals surface area (Å²) in [7, 11) is 0. The molecular formula is C11H13N5O2. The molecule has 0 amide bonds. The van der Waals surface area contributed by atoms with Crippen molar-refractivity contribution in [1.29, 1.82) is 0 Å². The van der Waals surface area contributed by atoms with Crippen LogP contribution in [0.2, 0.25) is 0 Å². The lowest BCUT2D eigenvalue weighted by Gasteiger charge is -2.21. The fraction of sp³-hybridized carbons (Fsp3) is 0.364. The van der Waals surface area contributed by atoms with Gasteiger partial charge in [0.2, 0.25) is 0 Å². The molecule has 1 saturated heterocycles. The number of aromatic nitrogens is 3. The first-order valence-corrected chi connectivity index (χ1v) is 5.66. The molecule has 3 rings (SSSR count). The molecule has 3 N–H and O–H groups in total. The van der Waals surface area contributed by atoms with E-state index in [9.17, 15) is 4.79 Å². The summed E-state index contributed by atoms with van der Waals surface area (Å²) in [6.45, 7) is 0.848. The van der Waals surface area contributed by atoms with E-state index in [0.29, 0.717) is 13.0 Å². The number of nitrogens with zero attached hydrogens (tertiary/aromatic N) is 4. The van der Waals surface area contributed by atoms with Gasteiger partial charge >= 0.3 is 5.97 Å². The van der Waals surface area contributed by atoms with E-state index in [2.05, 4.69) is 10.1 Å². The van der Waals surface area contributed by atoms with Crippen LogP contribution in [0.15, 0.2) is 24.7 Å². The largest absolute Gasteiger partial charge is 0.480 e. The van der Waals surface area contributed by atoms with Crippen molar-refractivity contribution >= 4 is 17.3 Å². The van der Waals surface area contributed by atoms with Crippen molar-refractivity contribution in [2.75, 3.05) is 18.0 Å². The number of nitrogens with two attached hydrogens (primary N) is 1. The highest BCUT2D eigenvalue weighted by molar-refractivity contribution is 5.81. The summed E-state index contributed by atoms with van der Waals surface area (Å²) in [4.78, 5) is 17.3. The SMILES string of the molecule is NC1(C(=O)O)CCN(c2nccn3nccc23)C1. The van der Waals surface area contributed by atoms with E-state index in [-0.39, 0.29) is 6.54 Å². The molecule has 0 saturated carbocycles. The third-order valence-electron chi connectivity index (χ3n) is 3.33. The third kappa shape index (κ3) is 1.52. The average Bonchev–Trinajstić information content (AvgIpc) is 2.95. The van der Waals surface area contributed by atoms with Crippen LogP contribution in [0.4, 0.5) is 5.82 Å². The first-order valence-electron chi connectivity index (χ1n) is 5.66. The Kier molecular flexibility index (Phi) is 2.24. The topological polar surface area (TPSA) is 96.8 Å². The molecule has 3 heterocycles. The Bertz CT molecular complexity index is 610. The molecule has 94 valence electrons. The molecule has 0 radical (unpaired) electrons. The van der Waals surface area contributed by atoms with E-state index < -0.39 is 11.5 Å². The molecule has 7 heteroatoms. The Hall–Kier alpha value is -2.15. The molecule has 1 fully saturated rings. The molecule has 1 aliphatic heterocycles. The second-order valence-electron chi connectivity index (χ2n) is 4.54. The normalized spacial score (nSPS) is 23.7. The second-order valence-corrected chi connectivity index (χ2v) is 4.54. The van der Waals surface area contributed by atoms with Gasteiger partial charge in [-0.05, 0) is 12.5 Å². The van der Waals surface area contributed by atoms with Gasteiger partial charge in [0.15, 0.2) is 5.82 Å². The van der Waals surface area contributed by atoms with Gasteiger partial charge in [0.25, 0.3) is 0 Å². The van der Waals surface area contributed by atoms with Crippen molar-refractivity contribution in [3.8, 4) is 0 Å². The molecule has 1 atom stereocenters. The van der Waals surface area contributed by atoms with Gasteiger partial charge in [-0.1, -0.05) is 0 Å². The highest BCUT2D eigenvalue weighted by atomic mass is 16.4. The number of hydrogen-bond acceptors (Lipinski definition) is 5. The van der Waals surface area contributed by atoms with E-state index in [4.69, 9.17) is 10.8 Å². The predicted octanol–water partition coefficient (Wildman–Crippen LogP) is -0.279. The maximum atomic E-state index is 11.1. The van der Waals surface area contributed by atoms with Crippen LogP contribution in [0.25, 0.3) is 5.52 Å². The second kappa shape index (κ2) is 3.67. The third-order valence-corrected chi connectivity index (χ3v) is 3.33. The van der Waals surface area contributed by atoms with Gasteiger partial charge in [0, 0.05) is 25.5 Å². The van der Waals surface area contributed by atoms with Crippen LogP contribution < -0.4 is 10.6 Å². The van der Waals surface area contributed by atoms with Crippen LogP contribution in [0.3, 0.4) is 0 Å². The maximum Gasteiger partial charge on any atom is 0.325 e. The van der Waals surface area contributed by atoms with Gasteiger partial charge in [0.05, 0.1) is 6.20 Å². The minimum absolute atomic E-state index is 0.264.